The van der Waals surface area contributed by atoms with E-state index >= 15 is 0 Å². The molecular weight excluding hydrogens is 258 g/mol. The number of aromatic hydroxyl groups is 1. The number of phenolic OH excluding ortho intramolecular Hbond substituents is 1. The Morgan fingerprint density at radius 3 is 2.68 bits per heavy atom. The normalized spacial score (nSPS) is 15.2. The Morgan fingerprint density at radius 1 is 1.11 bits per heavy atom. The van der Waals surface area contributed by atoms with Crippen molar-refractivity contribution < 1.29 is 5.11 Å². The molecular formula is C16H16ClNO. The summed E-state index contributed by atoms with van der Waals surface area (Å²) in [5.74, 6) is 0.163. The van der Waals surface area contributed by atoms with Gasteiger partial charge in [0.1, 0.15) is 5.75 Å². The van der Waals surface area contributed by atoms with E-state index in [0.29, 0.717) is 5.02 Å². The minimum Gasteiger partial charge on any atom is -0.506 e. The summed E-state index contributed by atoms with van der Waals surface area (Å²) in [5, 5.41) is 10.0. The maximum Gasteiger partial charge on any atom is 0.134 e. The lowest BCUT2D eigenvalue weighted by Crippen LogP contribution is -2.29. The molecule has 98 valence electrons. The third-order valence-corrected chi connectivity index (χ3v) is 3.95. The number of hydrogen-bond acceptors (Lipinski definition) is 2. The maximum absolute atomic E-state index is 9.64. The molecule has 0 amide bonds. The van der Waals surface area contributed by atoms with Crippen molar-refractivity contribution in [1.82, 2.24) is 4.90 Å². The average molecular weight is 274 g/mol. The van der Waals surface area contributed by atoms with Crippen molar-refractivity contribution in [3.05, 3.63) is 64.2 Å². The molecule has 0 bridgehead atoms. The predicted molar refractivity (Wildman–Crippen MR) is 77.4 cm³/mol. The fourth-order valence-electron chi connectivity index (χ4n) is 2.60. The number of rotatable bonds is 2. The molecule has 19 heavy (non-hydrogen) atoms. The van der Waals surface area contributed by atoms with E-state index in [1.807, 2.05) is 6.07 Å². The van der Waals surface area contributed by atoms with Gasteiger partial charge >= 0.3 is 0 Å². The summed E-state index contributed by atoms with van der Waals surface area (Å²) >= 11 is 5.83. The van der Waals surface area contributed by atoms with Gasteiger partial charge in [-0.25, -0.2) is 0 Å². The van der Waals surface area contributed by atoms with Crippen molar-refractivity contribution in [1.29, 1.82) is 0 Å². The predicted octanol–water partition coefficient (Wildman–Crippen LogP) is 3.60. The first-order valence-electron chi connectivity index (χ1n) is 6.49. The molecule has 0 radical (unpaired) electrons. The molecule has 0 fully saturated rings. The second-order valence-corrected chi connectivity index (χ2v) is 5.42. The summed E-state index contributed by atoms with van der Waals surface area (Å²) in [6.07, 6.45) is 1.09. The maximum atomic E-state index is 9.64. The Labute approximate surface area is 118 Å². The molecule has 0 spiro atoms. The molecule has 2 aromatic rings. The van der Waals surface area contributed by atoms with Gasteiger partial charge in [0.15, 0.2) is 0 Å². The van der Waals surface area contributed by atoms with Gasteiger partial charge in [-0.1, -0.05) is 41.9 Å². The van der Waals surface area contributed by atoms with Crippen molar-refractivity contribution in [2.75, 3.05) is 6.54 Å². The lowest BCUT2D eigenvalue weighted by molar-refractivity contribution is 0.245. The SMILES string of the molecule is Oc1cc(CN2CCc3ccccc3C2)ccc1Cl. The standard InChI is InChI=1S/C16H16ClNO/c17-15-6-5-12(9-16(15)19)10-18-8-7-13-3-1-2-4-14(13)11-18/h1-6,9,19H,7-8,10-11H2. The Kier molecular flexibility index (Phi) is 3.45. The molecule has 1 aliphatic rings. The third-order valence-electron chi connectivity index (χ3n) is 3.63. The molecule has 1 heterocycles. The summed E-state index contributed by atoms with van der Waals surface area (Å²) in [7, 11) is 0. The zero-order chi connectivity index (χ0) is 13.2. The highest BCUT2D eigenvalue weighted by molar-refractivity contribution is 6.31. The fraction of sp³-hybridized carbons (Fsp3) is 0.250. The second kappa shape index (κ2) is 5.24. The fourth-order valence-corrected chi connectivity index (χ4v) is 2.72. The van der Waals surface area contributed by atoms with E-state index in [-0.39, 0.29) is 5.75 Å². The summed E-state index contributed by atoms with van der Waals surface area (Å²) in [5.41, 5.74) is 3.96. The van der Waals surface area contributed by atoms with Gasteiger partial charge < -0.3 is 5.11 Å². The van der Waals surface area contributed by atoms with Crippen LogP contribution in [0.5, 0.6) is 5.75 Å². The minimum atomic E-state index is 0.163. The third kappa shape index (κ3) is 2.75. The molecule has 3 rings (SSSR count). The van der Waals surface area contributed by atoms with E-state index in [1.165, 1.54) is 11.1 Å². The smallest absolute Gasteiger partial charge is 0.134 e. The molecule has 0 saturated heterocycles. The molecule has 0 aliphatic carbocycles. The van der Waals surface area contributed by atoms with Crippen molar-refractivity contribution >= 4 is 11.6 Å². The molecule has 0 unspecified atom stereocenters. The zero-order valence-corrected chi connectivity index (χ0v) is 11.4. The monoisotopic (exact) mass is 273 g/mol. The van der Waals surface area contributed by atoms with E-state index in [1.54, 1.807) is 12.1 Å². The van der Waals surface area contributed by atoms with E-state index in [9.17, 15) is 5.11 Å². The number of phenols is 1. The number of halogens is 1. The van der Waals surface area contributed by atoms with E-state index in [2.05, 4.69) is 29.2 Å². The van der Waals surface area contributed by atoms with Gasteiger partial charge in [0, 0.05) is 19.6 Å². The van der Waals surface area contributed by atoms with Crippen LogP contribution < -0.4 is 0 Å². The van der Waals surface area contributed by atoms with Gasteiger partial charge in [0.2, 0.25) is 0 Å². The minimum absolute atomic E-state index is 0.163. The summed E-state index contributed by atoms with van der Waals surface area (Å²) in [4.78, 5) is 2.39. The Morgan fingerprint density at radius 2 is 1.89 bits per heavy atom. The van der Waals surface area contributed by atoms with Crippen LogP contribution in [0.25, 0.3) is 0 Å². The first-order chi connectivity index (χ1) is 9.22. The molecule has 2 nitrogen and oxygen atoms in total. The van der Waals surface area contributed by atoms with E-state index in [0.717, 1.165) is 31.6 Å². The highest BCUT2D eigenvalue weighted by Gasteiger charge is 2.15. The van der Waals surface area contributed by atoms with Crippen LogP contribution in [0, 0.1) is 0 Å². The van der Waals surface area contributed by atoms with Crippen LogP contribution in [0.15, 0.2) is 42.5 Å². The second-order valence-electron chi connectivity index (χ2n) is 5.02. The van der Waals surface area contributed by atoms with Crippen molar-refractivity contribution in [2.45, 2.75) is 19.5 Å². The lowest BCUT2D eigenvalue weighted by atomic mass is 9.99. The number of benzene rings is 2. The number of fused-ring (bicyclic) bond motifs is 1. The number of nitrogens with zero attached hydrogens (tertiary/aromatic N) is 1. The summed E-state index contributed by atoms with van der Waals surface area (Å²) in [6, 6.07) is 14.1. The van der Waals surface area contributed by atoms with Crippen LogP contribution in [-0.4, -0.2) is 16.6 Å². The van der Waals surface area contributed by atoms with E-state index < -0.39 is 0 Å². The van der Waals surface area contributed by atoms with Crippen molar-refractivity contribution in [2.24, 2.45) is 0 Å². The van der Waals surface area contributed by atoms with Crippen LogP contribution in [0.1, 0.15) is 16.7 Å². The summed E-state index contributed by atoms with van der Waals surface area (Å²) in [6.45, 7) is 2.87. The van der Waals surface area contributed by atoms with Crippen molar-refractivity contribution in [3.63, 3.8) is 0 Å². The van der Waals surface area contributed by atoms with Crippen LogP contribution in [-0.2, 0) is 19.5 Å². The van der Waals surface area contributed by atoms with Gasteiger partial charge in [-0.3, -0.25) is 4.90 Å². The van der Waals surface area contributed by atoms with Crippen LogP contribution in [0.2, 0.25) is 5.02 Å². The van der Waals surface area contributed by atoms with Crippen LogP contribution in [0.3, 0.4) is 0 Å². The quantitative estimate of drug-likeness (QED) is 0.904. The van der Waals surface area contributed by atoms with Gasteiger partial charge in [0.25, 0.3) is 0 Å². The topological polar surface area (TPSA) is 23.5 Å². The largest absolute Gasteiger partial charge is 0.506 e. The molecule has 0 aromatic heterocycles. The summed E-state index contributed by atoms with van der Waals surface area (Å²) < 4.78 is 0. The van der Waals surface area contributed by atoms with E-state index in [4.69, 9.17) is 11.6 Å². The molecule has 3 heteroatoms. The molecule has 0 atom stereocenters. The molecule has 2 aromatic carbocycles. The van der Waals surface area contributed by atoms with Gasteiger partial charge in [-0.15, -0.1) is 0 Å². The Hall–Kier alpha value is -1.51. The lowest BCUT2D eigenvalue weighted by Gasteiger charge is -2.28. The molecule has 1 N–H and O–H groups in total. The van der Waals surface area contributed by atoms with Crippen molar-refractivity contribution in [3.8, 4) is 5.75 Å². The average Bonchev–Trinajstić information content (AvgIpc) is 2.43. The molecule has 0 saturated carbocycles. The Balaban J connectivity index is 1.73. The van der Waals surface area contributed by atoms with Crippen LogP contribution in [0.4, 0.5) is 0 Å². The van der Waals surface area contributed by atoms with Gasteiger partial charge in [-0.2, -0.15) is 0 Å². The molecule has 1 aliphatic heterocycles. The zero-order valence-electron chi connectivity index (χ0n) is 10.6. The van der Waals surface area contributed by atoms with Gasteiger partial charge in [0.05, 0.1) is 5.02 Å². The first-order valence-corrected chi connectivity index (χ1v) is 6.87. The highest BCUT2D eigenvalue weighted by atomic mass is 35.5. The van der Waals surface area contributed by atoms with Gasteiger partial charge in [-0.05, 0) is 35.2 Å². The van der Waals surface area contributed by atoms with Crippen LogP contribution >= 0.6 is 11.6 Å². The Bertz CT molecular complexity index is 597. The highest BCUT2D eigenvalue weighted by Crippen LogP contribution is 2.26. The number of hydrogen-bond donors (Lipinski definition) is 1. The first kappa shape index (κ1) is 12.5.